The van der Waals surface area contributed by atoms with Gasteiger partial charge in [0.25, 0.3) is 0 Å². The summed E-state index contributed by atoms with van der Waals surface area (Å²) in [4.78, 5) is 91.4. The summed E-state index contributed by atoms with van der Waals surface area (Å²) in [6.07, 6.45) is 0.363. The second-order valence-electron chi connectivity index (χ2n) is 22.7. The van der Waals surface area contributed by atoms with Crippen LogP contribution in [0.5, 0.6) is 0 Å². The van der Waals surface area contributed by atoms with Crippen molar-refractivity contribution in [3.05, 3.63) is 291 Å². The number of oxime groups is 3. The number of aromatic nitrogens is 2. The zero-order chi connectivity index (χ0) is 69.4. The predicted molar refractivity (Wildman–Crippen MR) is 415 cm³/mol. The predicted octanol–water partition coefficient (Wildman–Crippen LogP) is 21.5. The van der Waals surface area contributed by atoms with Gasteiger partial charge in [0.1, 0.15) is 5.71 Å². The van der Waals surface area contributed by atoms with Crippen molar-refractivity contribution in [2.45, 2.75) is 118 Å². The van der Waals surface area contributed by atoms with E-state index >= 15 is 0 Å². The highest BCUT2D eigenvalue weighted by atomic mass is 35.5. The lowest BCUT2D eigenvalue weighted by molar-refractivity contribution is -0.141. The largest absolute Gasteiger partial charge is 0.365 e. The van der Waals surface area contributed by atoms with Crippen molar-refractivity contribution in [3.8, 4) is 0 Å². The molecule has 2 aromatic heterocycles. The molecule has 0 radical (unpaired) electrons. The molecule has 0 spiro atoms. The zero-order valence-electron chi connectivity index (χ0n) is 55.4. The Morgan fingerprint density at radius 2 is 0.832 bits per heavy atom. The normalized spacial score (nSPS) is 11.2. The van der Waals surface area contributed by atoms with E-state index < -0.39 is 17.9 Å². The molecule has 14 nitrogen and oxygen atoms in total. The van der Waals surface area contributed by atoms with Crippen LogP contribution >= 0.6 is 35.1 Å². The first-order valence-corrected chi connectivity index (χ1v) is 34.0. The molecule has 0 amide bonds. The van der Waals surface area contributed by atoms with Crippen molar-refractivity contribution in [3.63, 3.8) is 0 Å². The van der Waals surface area contributed by atoms with Gasteiger partial charge in [-0.1, -0.05) is 171 Å². The minimum atomic E-state index is -0.589. The summed E-state index contributed by atoms with van der Waals surface area (Å²) in [6.45, 7) is 15.8. The number of ketones is 3. The highest BCUT2D eigenvalue weighted by molar-refractivity contribution is 7.99. The maximum atomic E-state index is 13.6. The Hall–Kier alpha value is -10.8. The molecule has 12 rings (SSSR count). The van der Waals surface area contributed by atoms with Crippen LogP contribution in [0.1, 0.15) is 152 Å². The number of thioether (sulfide) groups is 1. The van der Waals surface area contributed by atoms with Crippen molar-refractivity contribution >= 4 is 131 Å². The Morgan fingerprint density at radius 3 is 1.30 bits per heavy atom. The molecule has 0 aliphatic rings. The minimum Gasteiger partial charge on any atom is -0.341 e. The average molecular weight is 1410 g/mol. The fraction of sp³-hybridized carbons (Fsp3) is 0.179. The second kappa shape index (κ2) is 36.3. The molecule has 10 aromatic carbocycles. The van der Waals surface area contributed by atoms with Gasteiger partial charge < -0.3 is 23.6 Å². The molecule has 0 aliphatic heterocycles. The number of halogens is 1. The second-order valence-corrected chi connectivity index (χ2v) is 25.3. The van der Waals surface area contributed by atoms with Crippen LogP contribution < -0.4 is 0 Å². The Morgan fingerprint density at radius 1 is 0.416 bits per heavy atom. The number of nitrogens with zero attached hydrogens (tertiary/aromatic N) is 5. The highest BCUT2D eigenvalue weighted by Crippen LogP contribution is 2.36. The van der Waals surface area contributed by atoms with E-state index in [0.29, 0.717) is 56.2 Å². The molecular formula is C84H82ClN5O9S2. The van der Waals surface area contributed by atoms with Gasteiger partial charge in [0, 0.05) is 119 Å². The summed E-state index contributed by atoms with van der Waals surface area (Å²) in [5, 5.41) is 16.1. The number of carbonyl (C=O) groups is 6. The molecule has 516 valence electrons. The lowest BCUT2D eigenvalue weighted by atomic mass is 9.97. The first-order chi connectivity index (χ1) is 47.4. The fourth-order valence-corrected chi connectivity index (χ4v) is 13.2. The molecule has 101 heavy (non-hydrogen) atoms. The van der Waals surface area contributed by atoms with Crippen LogP contribution in [-0.4, -0.2) is 61.5 Å². The monoisotopic (exact) mass is 1400 g/mol. The minimum absolute atomic E-state index is 0. The van der Waals surface area contributed by atoms with Crippen LogP contribution in [0.2, 0.25) is 5.02 Å². The van der Waals surface area contributed by atoms with Crippen LogP contribution in [0, 0.1) is 6.92 Å². The van der Waals surface area contributed by atoms with Crippen molar-refractivity contribution in [2.75, 3.05) is 0 Å². The van der Waals surface area contributed by atoms with Crippen LogP contribution in [0.4, 0.5) is 0 Å². The van der Waals surface area contributed by atoms with E-state index in [-0.39, 0.29) is 45.3 Å². The van der Waals surface area contributed by atoms with Gasteiger partial charge in [-0.3, -0.25) is 14.4 Å². The number of rotatable bonds is 20. The SMILES string of the molecule is C.C.C.CC/C(=N\OC(=O)c1ccccc1)C(=O)c1ccc(Sc2ccccc2)cc1.CCn1c2ccc(C(=O)c3ccc(SCc4ccccc4)cc3Cl)cc2c2cc(/C(C)=N/OC(C)=O)ccc21.CCn1c2ccc(C(=O)c3ccccc3C)cc2c2cc(/C(C)=N/OC(C)=O)ccc21. The summed E-state index contributed by atoms with van der Waals surface area (Å²) in [6, 6.07) is 73.1. The molecule has 0 unspecified atom stereocenters. The molecule has 0 atom stereocenters. The van der Waals surface area contributed by atoms with Crippen molar-refractivity contribution in [1.82, 2.24) is 9.13 Å². The third kappa shape index (κ3) is 19.0. The van der Waals surface area contributed by atoms with Crippen molar-refractivity contribution < 1.29 is 43.3 Å². The van der Waals surface area contributed by atoms with E-state index in [4.69, 9.17) is 26.1 Å². The van der Waals surface area contributed by atoms with Gasteiger partial charge in [-0.2, -0.15) is 0 Å². The number of benzene rings is 10. The topological polar surface area (TPSA) is 177 Å². The van der Waals surface area contributed by atoms with Crippen LogP contribution in [-0.2, 0) is 42.9 Å². The third-order valence-corrected chi connectivity index (χ3v) is 18.5. The Kier molecular flexibility index (Phi) is 27.9. The molecular weight excluding hydrogens is 1320 g/mol. The molecule has 17 heteroatoms. The molecule has 2 heterocycles. The van der Waals surface area contributed by atoms with Gasteiger partial charge in [-0.05, 0) is 191 Å². The van der Waals surface area contributed by atoms with E-state index in [0.717, 1.165) is 93.8 Å². The maximum Gasteiger partial charge on any atom is 0.365 e. The van der Waals surface area contributed by atoms with Gasteiger partial charge in [0.15, 0.2) is 11.6 Å². The quantitative estimate of drug-likeness (QED) is 0.0233. The first-order valence-electron chi connectivity index (χ1n) is 31.8. The van der Waals surface area contributed by atoms with Crippen LogP contribution in [0.15, 0.2) is 261 Å². The fourth-order valence-electron chi connectivity index (χ4n) is 11.1. The Balaban J connectivity index is 0.000000213. The number of fused-ring (bicyclic) bond motifs is 6. The number of aryl methyl sites for hydroxylation is 3. The molecule has 0 saturated heterocycles. The smallest absolute Gasteiger partial charge is 0.341 e. The lowest BCUT2D eigenvalue weighted by Gasteiger charge is -2.08. The molecule has 12 aromatic rings. The summed E-state index contributed by atoms with van der Waals surface area (Å²) < 4.78 is 4.45. The van der Waals surface area contributed by atoms with Gasteiger partial charge in [0.2, 0.25) is 5.78 Å². The number of carbonyl (C=O) groups excluding carboxylic acids is 6. The average Bonchev–Trinajstić information content (AvgIpc) is 1.61. The molecule has 0 saturated carbocycles. The van der Waals surface area contributed by atoms with Crippen LogP contribution in [0.3, 0.4) is 0 Å². The first kappa shape index (κ1) is 77.6. The van der Waals surface area contributed by atoms with E-state index in [1.807, 2.05) is 183 Å². The summed E-state index contributed by atoms with van der Waals surface area (Å²) in [5.74, 6) is -1.04. The number of hydrogen-bond acceptors (Lipinski definition) is 14. The Labute approximate surface area is 604 Å². The van der Waals surface area contributed by atoms with Gasteiger partial charge in [0.05, 0.1) is 22.0 Å². The summed E-state index contributed by atoms with van der Waals surface area (Å²) >= 11 is 9.92. The van der Waals surface area contributed by atoms with E-state index in [1.165, 1.54) is 19.4 Å². The van der Waals surface area contributed by atoms with Crippen molar-refractivity contribution in [2.24, 2.45) is 15.5 Å². The standard InChI is InChI=1S/C32H27ClN2O3S.C26H24N2O3.C23H19NO3S.3CH4/c1-4-35-30-14-10-23(20(2)34-38-21(3)36)16-27(30)28-17-24(11-15-31(28)35)32(37)26-13-12-25(18-29(26)33)39-19-22-8-6-5-7-9-22;1-5-28-24-12-10-19(17(3)27-31-18(4)29)14-22(24)23-15-20(11-13-25(23)28)26(30)21-9-7-6-8-16(21)2;1-2-21(24-27-23(26)18-9-5-3-6-10-18)22(25)17-13-15-20(16-14-17)28-19-11-7-4-8-12-19;;;/h5-18H,4,19H2,1-3H3;6-15H,5H2,1-4H3;3-16H,2H2,1H3;3*1H4/b34-20+;27-17+;24-21+;;;. The highest BCUT2D eigenvalue weighted by Gasteiger charge is 2.21. The van der Waals surface area contributed by atoms with Crippen molar-refractivity contribution in [1.29, 1.82) is 0 Å². The summed E-state index contributed by atoms with van der Waals surface area (Å²) in [5.41, 5.74) is 12.9. The lowest BCUT2D eigenvalue weighted by Crippen LogP contribution is -2.15. The molecule has 0 bridgehead atoms. The third-order valence-electron chi connectivity index (χ3n) is 16.1. The molecule has 0 aliphatic carbocycles. The number of hydrogen-bond donors (Lipinski definition) is 0. The van der Waals surface area contributed by atoms with E-state index in [1.54, 1.807) is 86.8 Å². The number of Topliss-reactive ketones (excluding diaryl/α,β-unsaturated/α-hetero) is 1. The van der Waals surface area contributed by atoms with Gasteiger partial charge >= 0.3 is 17.9 Å². The molecule has 0 N–H and O–H groups in total. The van der Waals surface area contributed by atoms with Gasteiger partial charge in [-0.15, -0.1) is 11.8 Å². The Bertz CT molecular complexity index is 5070. The summed E-state index contributed by atoms with van der Waals surface area (Å²) in [7, 11) is 0. The van der Waals surface area contributed by atoms with Crippen LogP contribution in [0.25, 0.3) is 43.6 Å². The maximum absolute atomic E-state index is 13.6. The zero-order valence-corrected chi connectivity index (χ0v) is 57.8. The van der Waals surface area contributed by atoms with E-state index in [9.17, 15) is 28.8 Å². The van der Waals surface area contributed by atoms with Gasteiger partial charge in [-0.25, -0.2) is 14.4 Å². The molecule has 0 fully saturated rings. The van der Waals surface area contributed by atoms with E-state index in [2.05, 4.69) is 50.6 Å².